The first-order chi connectivity index (χ1) is 38.5. The molecule has 0 aliphatic carbocycles. The Bertz CT molecular complexity index is 1300. The Morgan fingerprint density at radius 3 is 0.718 bits per heavy atom. The molecule has 0 spiro atoms. The molecule has 0 bridgehead atoms. The highest BCUT2D eigenvalue weighted by molar-refractivity contribution is 5.71. The molecule has 78 heavy (non-hydrogen) atoms. The van der Waals surface area contributed by atoms with Crippen molar-refractivity contribution in [2.45, 2.75) is 393 Å². The maximum absolute atomic E-state index is 12.9. The molecule has 1 unspecified atom stereocenters. The molecule has 458 valence electrons. The van der Waals surface area contributed by atoms with Crippen LogP contribution < -0.4 is 0 Å². The second-order valence-corrected chi connectivity index (χ2v) is 23.8. The average molecular weight is 1100 g/mol. The Morgan fingerprint density at radius 1 is 0.256 bits per heavy atom. The third-order valence-electron chi connectivity index (χ3n) is 15.9. The first kappa shape index (κ1) is 75.6. The summed E-state index contributed by atoms with van der Waals surface area (Å²) in [5.74, 6) is -0.842. The van der Waals surface area contributed by atoms with Gasteiger partial charge < -0.3 is 14.2 Å². The molecule has 6 heteroatoms. The smallest absolute Gasteiger partial charge is 0.306 e. The predicted molar refractivity (Wildman–Crippen MR) is 339 cm³/mol. The van der Waals surface area contributed by atoms with E-state index in [0.29, 0.717) is 19.3 Å². The number of esters is 3. The molecule has 0 saturated carbocycles. The highest BCUT2D eigenvalue weighted by Gasteiger charge is 2.19. The molecule has 6 nitrogen and oxygen atoms in total. The largest absolute Gasteiger partial charge is 0.462 e. The van der Waals surface area contributed by atoms with Crippen LogP contribution in [0.2, 0.25) is 0 Å². The van der Waals surface area contributed by atoms with Gasteiger partial charge in [-0.2, -0.15) is 0 Å². The molecule has 0 amide bonds. The van der Waals surface area contributed by atoms with Crippen LogP contribution in [0.5, 0.6) is 0 Å². The van der Waals surface area contributed by atoms with Crippen molar-refractivity contribution >= 4 is 17.9 Å². The van der Waals surface area contributed by atoms with Crippen molar-refractivity contribution < 1.29 is 28.6 Å². The van der Waals surface area contributed by atoms with Gasteiger partial charge in [0.15, 0.2) is 6.10 Å². The van der Waals surface area contributed by atoms with Gasteiger partial charge in [-0.05, 0) is 57.8 Å². The summed E-state index contributed by atoms with van der Waals surface area (Å²) in [5.41, 5.74) is 0. The van der Waals surface area contributed by atoms with Crippen molar-refractivity contribution in [3.05, 3.63) is 36.5 Å². The highest BCUT2D eigenvalue weighted by Crippen LogP contribution is 2.18. The van der Waals surface area contributed by atoms with Gasteiger partial charge >= 0.3 is 17.9 Å². The number of unbranched alkanes of at least 4 members (excludes halogenated alkanes) is 48. The van der Waals surface area contributed by atoms with E-state index in [1.54, 1.807) is 0 Å². The first-order valence-corrected chi connectivity index (χ1v) is 35.0. The van der Waals surface area contributed by atoms with E-state index in [2.05, 4.69) is 57.2 Å². The zero-order chi connectivity index (χ0) is 56.4. The molecular formula is C72H134O6. The number of carbonyl (C=O) groups is 3. The molecule has 0 heterocycles. The Balaban J connectivity index is 4.23. The molecule has 0 fully saturated rings. The van der Waals surface area contributed by atoms with Crippen molar-refractivity contribution in [2.24, 2.45) is 0 Å². The molecule has 0 aliphatic heterocycles. The molecular weight excluding hydrogens is 961 g/mol. The summed E-state index contributed by atoms with van der Waals surface area (Å²) in [4.78, 5) is 38.4. The van der Waals surface area contributed by atoms with E-state index >= 15 is 0 Å². The van der Waals surface area contributed by atoms with E-state index in [-0.39, 0.29) is 31.1 Å². The van der Waals surface area contributed by atoms with Crippen LogP contribution in [0.1, 0.15) is 387 Å². The predicted octanol–water partition coefficient (Wildman–Crippen LogP) is 23.9. The van der Waals surface area contributed by atoms with Crippen molar-refractivity contribution in [3.63, 3.8) is 0 Å². The molecule has 0 aromatic heterocycles. The first-order valence-electron chi connectivity index (χ1n) is 35.0. The molecule has 0 rings (SSSR count). The number of hydrogen-bond donors (Lipinski definition) is 0. The Labute approximate surface area is 486 Å². The van der Waals surface area contributed by atoms with Crippen molar-refractivity contribution in [1.82, 2.24) is 0 Å². The lowest BCUT2D eigenvalue weighted by atomic mass is 10.0. The van der Waals surface area contributed by atoms with Crippen LogP contribution in [0.15, 0.2) is 36.5 Å². The Morgan fingerprint density at radius 2 is 0.462 bits per heavy atom. The molecule has 1 atom stereocenters. The maximum atomic E-state index is 12.9. The quantitative estimate of drug-likeness (QED) is 0.0261. The zero-order valence-corrected chi connectivity index (χ0v) is 52.7. The monoisotopic (exact) mass is 1100 g/mol. The summed E-state index contributed by atoms with van der Waals surface area (Å²) in [5, 5.41) is 0. The molecule has 0 N–H and O–H groups in total. The van der Waals surface area contributed by atoms with Gasteiger partial charge in [0.2, 0.25) is 0 Å². The molecule has 0 aromatic carbocycles. The van der Waals surface area contributed by atoms with Gasteiger partial charge in [-0.25, -0.2) is 0 Å². The summed E-state index contributed by atoms with van der Waals surface area (Å²) in [7, 11) is 0. The van der Waals surface area contributed by atoms with Gasteiger partial charge in [0.25, 0.3) is 0 Å². The van der Waals surface area contributed by atoms with Crippen LogP contribution in [0.3, 0.4) is 0 Å². The second-order valence-electron chi connectivity index (χ2n) is 23.8. The van der Waals surface area contributed by atoms with Crippen LogP contribution in [-0.4, -0.2) is 37.2 Å². The van der Waals surface area contributed by atoms with E-state index in [9.17, 15) is 14.4 Å². The van der Waals surface area contributed by atoms with Crippen LogP contribution in [0.4, 0.5) is 0 Å². The number of ether oxygens (including phenoxy) is 3. The van der Waals surface area contributed by atoms with E-state index in [1.807, 2.05) is 0 Å². The molecule has 0 aromatic rings. The Kier molecular flexibility index (Phi) is 65.1. The topological polar surface area (TPSA) is 78.9 Å². The summed E-state index contributed by atoms with van der Waals surface area (Å²) in [6.07, 6.45) is 83.1. The van der Waals surface area contributed by atoms with E-state index < -0.39 is 6.10 Å². The average Bonchev–Trinajstić information content (AvgIpc) is 3.44. The Hall–Kier alpha value is -2.37. The lowest BCUT2D eigenvalue weighted by Gasteiger charge is -2.18. The highest BCUT2D eigenvalue weighted by atomic mass is 16.6. The standard InChI is InChI=1S/C72H134O6/c1-4-7-10-13-16-19-22-25-27-29-31-33-35-36-38-39-41-43-45-47-50-53-56-59-62-65-71(74)77-68-69(67-76-70(73)64-61-58-55-52-49-24-21-18-15-12-9-6-3)78-72(75)66-63-60-57-54-51-48-46-44-42-40-37-34-32-30-28-26-23-20-17-14-11-8-5-2/h22,25,29,31,35-36,69H,4-21,23-24,26-28,30,32-34,37-68H2,1-3H3/b25-22-,31-29-,36-35-. The van der Waals surface area contributed by atoms with E-state index in [0.717, 1.165) is 70.6 Å². The van der Waals surface area contributed by atoms with E-state index in [4.69, 9.17) is 14.2 Å². The lowest BCUT2D eigenvalue weighted by molar-refractivity contribution is -0.167. The van der Waals surface area contributed by atoms with Crippen LogP contribution in [0.25, 0.3) is 0 Å². The van der Waals surface area contributed by atoms with Crippen LogP contribution in [-0.2, 0) is 28.6 Å². The number of hydrogen-bond acceptors (Lipinski definition) is 6. The van der Waals surface area contributed by atoms with E-state index in [1.165, 1.54) is 276 Å². The fourth-order valence-corrected chi connectivity index (χ4v) is 10.6. The summed E-state index contributed by atoms with van der Waals surface area (Å²) in [6, 6.07) is 0. The zero-order valence-electron chi connectivity index (χ0n) is 52.7. The minimum absolute atomic E-state index is 0.0673. The number of rotatable bonds is 65. The summed E-state index contributed by atoms with van der Waals surface area (Å²) in [6.45, 7) is 6.70. The minimum atomic E-state index is -0.770. The normalized spacial score (nSPS) is 12.2. The minimum Gasteiger partial charge on any atom is -0.462 e. The lowest BCUT2D eigenvalue weighted by Crippen LogP contribution is -2.30. The summed E-state index contributed by atoms with van der Waals surface area (Å²) >= 11 is 0. The third kappa shape index (κ3) is 64.5. The second kappa shape index (κ2) is 67.1. The number of carbonyl (C=O) groups excluding carboxylic acids is 3. The van der Waals surface area contributed by atoms with Crippen LogP contribution in [0, 0.1) is 0 Å². The molecule has 0 radical (unpaired) electrons. The fraction of sp³-hybridized carbons (Fsp3) is 0.875. The van der Waals surface area contributed by atoms with Gasteiger partial charge in [0.1, 0.15) is 13.2 Å². The number of allylic oxidation sites excluding steroid dienone is 6. The van der Waals surface area contributed by atoms with Crippen LogP contribution >= 0.6 is 0 Å². The molecule has 0 aliphatic rings. The SMILES string of the molecule is CCCCCCC/C=C\C/C=C\C/C=C\CCCCCCCCCCCCC(=O)OCC(COC(=O)CCCCCCCCCCCCCC)OC(=O)CCCCCCCCCCCCCCCCCCCCCCCCC. The van der Waals surface area contributed by atoms with Crippen molar-refractivity contribution in [1.29, 1.82) is 0 Å². The van der Waals surface area contributed by atoms with Crippen molar-refractivity contribution in [2.75, 3.05) is 13.2 Å². The van der Waals surface area contributed by atoms with Crippen molar-refractivity contribution in [3.8, 4) is 0 Å². The third-order valence-corrected chi connectivity index (χ3v) is 15.9. The van der Waals surface area contributed by atoms with Gasteiger partial charge in [-0.1, -0.05) is 346 Å². The van der Waals surface area contributed by atoms with Gasteiger partial charge in [0.05, 0.1) is 0 Å². The molecule has 0 saturated heterocycles. The fourth-order valence-electron chi connectivity index (χ4n) is 10.6. The van der Waals surface area contributed by atoms with Gasteiger partial charge in [0, 0.05) is 19.3 Å². The van der Waals surface area contributed by atoms with Gasteiger partial charge in [-0.15, -0.1) is 0 Å². The van der Waals surface area contributed by atoms with Gasteiger partial charge in [-0.3, -0.25) is 14.4 Å². The maximum Gasteiger partial charge on any atom is 0.306 e. The summed E-state index contributed by atoms with van der Waals surface area (Å²) < 4.78 is 17.0.